The van der Waals surface area contributed by atoms with Crippen LogP contribution in [0.2, 0.25) is 5.02 Å². The molecule has 20 heavy (non-hydrogen) atoms. The third-order valence-corrected chi connectivity index (χ3v) is 2.78. The van der Waals surface area contributed by atoms with Crippen LogP contribution in [-0.4, -0.2) is 0 Å². The number of halogens is 5. The van der Waals surface area contributed by atoms with Gasteiger partial charge < -0.3 is 4.74 Å². The Balaban J connectivity index is 2.30. The van der Waals surface area contributed by atoms with Crippen LogP contribution in [0.4, 0.5) is 17.6 Å². The zero-order chi connectivity index (χ0) is 14.9. The third kappa shape index (κ3) is 3.42. The van der Waals surface area contributed by atoms with Crippen LogP contribution in [0.1, 0.15) is 11.1 Å². The highest BCUT2D eigenvalue weighted by Crippen LogP contribution is 2.34. The molecule has 0 spiro atoms. The largest absolute Gasteiger partial charge is 0.457 e. The van der Waals surface area contributed by atoms with E-state index in [1.165, 1.54) is 19.1 Å². The van der Waals surface area contributed by atoms with Crippen molar-refractivity contribution >= 4 is 11.6 Å². The van der Waals surface area contributed by atoms with Crippen molar-refractivity contribution in [3.8, 4) is 11.5 Å². The third-order valence-electron chi connectivity index (χ3n) is 2.57. The van der Waals surface area contributed by atoms with E-state index in [0.717, 1.165) is 24.3 Å². The van der Waals surface area contributed by atoms with E-state index < -0.39 is 17.6 Å². The van der Waals surface area contributed by atoms with E-state index in [-0.39, 0.29) is 16.5 Å². The number of benzene rings is 2. The van der Waals surface area contributed by atoms with Crippen molar-refractivity contribution in [1.82, 2.24) is 0 Å². The second kappa shape index (κ2) is 5.32. The van der Waals surface area contributed by atoms with Gasteiger partial charge in [-0.3, -0.25) is 0 Å². The Bertz CT molecular complexity index is 617. The maximum absolute atomic E-state index is 13.1. The van der Waals surface area contributed by atoms with E-state index in [1.54, 1.807) is 0 Å². The number of ether oxygens (including phenoxy) is 1. The van der Waals surface area contributed by atoms with Gasteiger partial charge in [0.25, 0.3) is 0 Å². The van der Waals surface area contributed by atoms with Gasteiger partial charge in [-0.2, -0.15) is 13.2 Å². The number of aryl methyl sites for hydroxylation is 1. The van der Waals surface area contributed by atoms with Crippen LogP contribution < -0.4 is 4.74 Å². The van der Waals surface area contributed by atoms with Crippen molar-refractivity contribution in [1.29, 1.82) is 0 Å². The molecule has 0 aliphatic heterocycles. The second-order valence-corrected chi connectivity index (χ2v) is 4.62. The summed E-state index contributed by atoms with van der Waals surface area (Å²) in [6.45, 7) is 1.48. The van der Waals surface area contributed by atoms with Crippen molar-refractivity contribution in [2.24, 2.45) is 0 Å². The molecule has 0 unspecified atom stereocenters. The van der Waals surface area contributed by atoms with Crippen LogP contribution in [0.25, 0.3) is 0 Å². The number of hydrogen-bond acceptors (Lipinski definition) is 1. The van der Waals surface area contributed by atoms with Crippen LogP contribution in [0, 0.1) is 12.7 Å². The number of hydrogen-bond donors (Lipinski definition) is 0. The van der Waals surface area contributed by atoms with Gasteiger partial charge in [-0.25, -0.2) is 4.39 Å². The lowest BCUT2D eigenvalue weighted by molar-refractivity contribution is -0.137. The van der Waals surface area contributed by atoms with Gasteiger partial charge in [-0.05, 0) is 42.8 Å². The van der Waals surface area contributed by atoms with Crippen molar-refractivity contribution in [3.63, 3.8) is 0 Å². The predicted molar refractivity (Wildman–Crippen MR) is 67.7 cm³/mol. The van der Waals surface area contributed by atoms with E-state index >= 15 is 0 Å². The smallest absolute Gasteiger partial charge is 0.416 e. The Morgan fingerprint density at radius 3 is 2.30 bits per heavy atom. The van der Waals surface area contributed by atoms with Gasteiger partial charge in [0.15, 0.2) is 0 Å². The van der Waals surface area contributed by atoms with E-state index in [1.807, 2.05) is 0 Å². The topological polar surface area (TPSA) is 9.23 Å². The number of alkyl halides is 3. The molecule has 2 aromatic rings. The van der Waals surface area contributed by atoms with E-state index in [0.29, 0.717) is 5.56 Å². The van der Waals surface area contributed by atoms with Crippen molar-refractivity contribution in [2.75, 3.05) is 0 Å². The first-order valence-electron chi connectivity index (χ1n) is 5.57. The molecule has 0 heterocycles. The molecule has 2 rings (SSSR count). The molecule has 0 aromatic heterocycles. The summed E-state index contributed by atoms with van der Waals surface area (Å²) in [4.78, 5) is 0. The summed E-state index contributed by atoms with van der Waals surface area (Å²) in [7, 11) is 0. The van der Waals surface area contributed by atoms with Crippen LogP contribution >= 0.6 is 11.6 Å². The summed E-state index contributed by atoms with van der Waals surface area (Å²) in [6.07, 6.45) is -4.41. The van der Waals surface area contributed by atoms with Gasteiger partial charge in [0.05, 0.1) is 5.56 Å². The SMILES string of the molecule is Cc1cc(C(F)(F)F)ccc1Oc1cc(F)cc(Cl)c1. The standard InChI is InChI=1S/C14H9ClF4O/c1-8-4-9(14(17,18)19)2-3-13(8)20-12-6-10(15)5-11(16)7-12/h2-7H,1H3. The molecule has 0 amide bonds. The van der Waals surface area contributed by atoms with Crippen LogP contribution in [0.15, 0.2) is 36.4 Å². The highest BCUT2D eigenvalue weighted by molar-refractivity contribution is 6.30. The summed E-state index contributed by atoms with van der Waals surface area (Å²) >= 11 is 5.67. The lowest BCUT2D eigenvalue weighted by Gasteiger charge is -2.12. The second-order valence-electron chi connectivity index (χ2n) is 4.19. The van der Waals surface area contributed by atoms with Gasteiger partial charge >= 0.3 is 6.18 Å². The average Bonchev–Trinajstić information content (AvgIpc) is 2.29. The summed E-state index contributed by atoms with van der Waals surface area (Å²) < 4.78 is 56.1. The molecule has 0 radical (unpaired) electrons. The maximum Gasteiger partial charge on any atom is 0.416 e. The fourth-order valence-corrected chi connectivity index (χ4v) is 1.87. The summed E-state index contributed by atoms with van der Waals surface area (Å²) in [5, 5.41) is 0.143. The van der Waals surface area contributed by atoms with Gasteiger partial charge in [0.1, 0.15) is 17.3 Å². The van der Waals surface area contributed by atoms with Crippen LogP contribution in [-0.2, 0) is 6.18 Å². The lowest BCUT2D eigenvalue weighted by Crippen LogP contribution is -2.05. The van der Waals surface area contributed by atoms with E-state index in [4.69, 9.17) is 16.3 Å². The first-order valence-corrected chi connectivity index (χ1v) is 5.95. The normalized spacial score (nSPS) is 11.5. The van der Waals surface area contributed by atoms with E-state index in [2.05, 4.69) is 0 Å². The fraction of sp³-hybridized carbons (Fsp3) is 0.143. The Labute approximate surface area is 117 Å². The predicted octanol–water partition coefficient (Wildman–Crippen LogP) is 5.60. The molecule has 0 fully saturated rings. The van der Waals surface area contributed by atoms with Crippen LogP contribution in [0.3, 0.4) is 0 Å². The quantitative estimate of drug-likeness (QED) is 0.656. The molecule has 0 atom stereocenters. The molecule has 0 aliphatic carbocycles. The molecule has 1 nitrogen and oxygen atoms in total. The van der Waals surface area contributed by atoms with Crippen molar-refractivity contribution < 1.29 is 22.3 Å². The molecule has 0 N–H and O–H groups in total. The molecule has 0 saturated carbocycles. The fourth-order valence-electron chi connectivity index (χ4n) is 1.65. The first kappa shape index (κ1) is 14.7. The van der Waals surface area contributed by atoms with E-state index in [9.17, 15) is 17.6 Å². The summed E-state index contributed by atoms with van der Waals surface area (Å²) in [5.74, 6) is -0.255. The Kier molecular flexibility index (Phi) is 3.90. The molecule has 2 aromatic carbocycles. The number of rotatable bonds is 2. The summed E-state index contributed by atoms with van der Waals surface area (Å²) in [6, 6.07) is 6.65. The monoisotopic (exact) mass is 304 g/mol. The first-order chi connectivity index (χ1) is 9.25. The molecule has 0 saturated heterocycles. The average molecular weight is 305 g/mol. The summed E-state index contributed by atoms with van der Waals surface area (Å²) in [5.41, 5.74) is -0.472. The Hall–Kier alpha value is -1.75. The molecular formula is C14H9ClF4O. The van der Waals surface area contributed by atoms with Gasteiger partial charge in [-0.15, -0.1) is 0 Å². The highest BCUT2D eigenvalue weighted by atomic mass is 35.5. The van der Waals surface area contributed by atoms with Gasteiger partial charge in [0.2, 0.25) is 0 Å². The van der Waals surface area contributed by atoms with Gasteiger partial charge in [0, 0.05) is 11.1 Å². The molecule has 106 valence electrons. The van der Waals surface area contributed by atoms with Crippen LogP contribution in [0.5, 0.6) is 11.5 Å². The van der Waals surface area contributed by atoms with Crippen molar-refractivity contribution in [2.45, 2.75) is 13.1 Å². The Morgan fingerprint density at radius 1 is 1.05 bits per heavy atom. The van der Waals surface area contributed by atoms with Gasteiger partial charge in [-0.1, -0.05) is 11.6 Å². The highest BCUT2D eigenvalue weighted by Gasteiger charge is 2.30. The zero-order valence-corrected chi connectivity index (χ0v) is 11.0. The minimum atomic E-state index is -4.41. The Morgan fingerprint density at radius 2 is 1.75 bits per heavy atom. The molecule has 0 bridgehead atoms. The minimum Gasteiger partial charge on any atom is -0.457 e. The van der Waals surface area contributed by atoms with Crippen molar-refractivity contribution in [3.05, 3.63) is 58.4 Å². The lowest BCUT2D eigenvalue weighted by atomic mass is 10.1. The molecular weight excluding hydrogens is 296 g/mol. The molecule has 0 aliphatic rings. The molecule has 6 heteroatoms. The zero-order valence-electron chi connectivity index (χ0n) is 10.3. The maximum atomic E-state index is 13.1. The minimum absolute atomic E-state index is 0.123.